The number of benzene rings is 1. The smallest absolute Gasteiger partial charge is 0.304 e. The molecule has 0 aromatic heterocycles. The van der Waals surface area contributed by atoms with Gasteiger partial charge in [-0.25, -0.2) is 0 Å². The molecule has 0 aliphatic rings. The Morgan fingerprint density at radius 1 is 1.47 bits per heavy atom. The van der Waals surface area contributed by atoms with Crippen LogP contribution in [0, 0.1) is 6.92 Å². The predicted octanol–water partition coefficient (Wildman–Crippen LogP) is 3.05. The van der Waals surface area contributed by atoms with Crippen LogP contribution >= 0.6 is 15.9 Å². The highest BCUT2D eigenvalue weighted by Crippen LogP contribution is 2.18. The molecular weight excluding hydrogens is 282 g/mol. The largest absolute Gasteiger partial charge is 0.481 e. The summed E-state index contributed by atoms with van der Waals surface area (Å²) in [5, 5.41) is 8.67. The van der Waals surface area contributed by atoms with Crippen LogP contribution in [-0.4, -0.2) is 29.1 Å². The van der Waals surface area contributed by atoms with Crippen molar-refractivity contribution in [3.8, 4) is 0 Å². The Labute approximate surface area is 111 Å². The van der Waals surface area contributed by atoms with Crippen molar-refractivity contribution in [2.75, 3.05) is 13.1 Å². The minimum Gasteiger partial charge on any atom is -0.481 e. The van der Waals surface area contributed by atoms with Gasteiger partial charge >= 0.3 is 5.97 Å². The Morgan fingerprint density at radius 3 is 2.71 bits per heavy atom. The molecule has 1 N–H and O–H groups in total. The quantitative estimate of drug-likeness (QED) is 0.878. The minimum absolute atomic E-state index is 0.195. The Hall–Kier alpha value is -0.870. The first-order chi connectivity index (χ1) is 8.02. The van der Waals surface area contributed by atoms with Crippen LogP contribution in [0.1, 0.15) is 24.5 Å². The van der Waals surface area contributed by atoms with E-state index >= 15 is 0 Å². The zero-order valence-electron chi connectivity index (χ0n) is 10.2. The third-order valence-corrected chi connectivity index (χ3v) is 3.59. The van der Waals surface area contributed by atoms with Gasteiger partial charge in [-0.2, -0.15) is 0 Å². The van der Waals surface area contributed by atoms with Gasteiger partial charge in [0.1, 0.15) is 0 Å². The van der Waals surface area contributed by atoms with Gasteiger partial charge in [0, 0.05) is 17.6 Å². The van der Waals surface area contributed by atoms with Crippen molar-refractivity contribution < 1.29 is 9.90 Å². The second-order valence-electron chi connectivity index (χ2n) is 4.10. The lowest BCUT2D eigenvalue weighted by atomic mass is 10.1. The van der Waals surface area contributed by atoms with E-state index < -0.39 is 5.97 Å². The van der Waals surface area contributed by atoms with Gasteiger partial charge in [-0.05, 0) is 30.7 Å². The number of hydrogen-bond acceptors (Lipinski definition) is 2. The average Bonchev–Trinajstić information content (AvgIpc) is 2.28. The fourth-order valence-electron chi connectivity index (χ4n) is 1.60. The molecule has 0 radical (unpaired) electrons. The monoisotopic (exact) mass is 299 g/mol. The molecule has 0 amide bonds. The van der Waals surface area contributed by atoms with Gasteiger partial charge in [0.2, 0.25) is 0 Å². The molecule has 0 fully saturated rings. The molecule has 0 unspecified atom stereocenters. The van der Waals surface area contributed by atoms with Gasteiger partial charge in [0.05, 0.1) is 6.42 Å². The molecule has 3 nitrogen and oxygen atoms in total. The Kier molecular flexibility index (Phi) is 5.65. The first kappa shape index (κ1) is 14.2. The summed E-state index contributed by atoms with van der Waals surface area (Å²) in [5.74, 6) is -0.742. The minimum atomic E-state index is -0.742. The molecule has 94 valence electrons. The zero-order valence-corrected chi connectivity index (χ0v) is 11.8. The van der Waals surface area contributed by atoms with E-state index in [1.54, 1.807) is 0 Å². The molecule has 17 heavy (non-hydrogen) atoms. The van der Waals surface area contributed by atoms with Crippen molar-refractivity contribution in [3.05, 3.63) is 33.8 Å². The van der Waals surface area contributed by atoms with Gasteiger partial charge in [-0.3, -0.25) is 9.69 Å². The normalized spacial score (nSPS) is 10.8. The molecule has 1 aromatic rings. The second-order valence-corrected chi connectivity index (χ2v) is 4.95. The van der Waals surface area contributed by atoms with Crippen LogP contribution in [0.2, 0.25) is 0 Å². The summed E-state index contributed by atoms with van der Waals surface area (Å²) in [6.07, 6.45) is 0.195. The van der Waals surface area contributed by atoms with Crippen molar-refractivity contribution in [1.82, 2.24) is 4.90 Å². The number of carbonyl (C=O) groups is 1. The number of aliphatic carboxylic acids is 1. The number of nitrogens with zero attached hydrogens (tertiary/aromatic N) is 1. The highest BCUT2D eigenvalue weighted by Gasteiger charge is 2.07. The Morgan fingerprint density at radius 2 is 2.18 bits per heavy atom. The first-order valence-electron chi connectivity index (χ1n) is 5.72. The molecule has 0 bridgehead atoms. The van der Waals surface area contributed by atoms with E-state index in [1.165, 1.54) is 11.1 Å². The van der Waals surface area contributed by atoms with Crippen molar-refractivity contribution in [1.29, 1.82) is 0 Å². The van der Waals surface area contributed by atoms with E-state index in [0.29, 0.717) is 6.54 Å². The maximum Gasteiger partial charge on any atom is 0.304 e. The van der Waals surface area contributed by atoms with Crippen molar-refractivity contribution >= 4 is 21.9 Å². The molecule has 1 rings (SSSR count). The SMILES string of the molecule is CCN(CCC(=O)O)Cc1ccc(C)c(Br)c1. The number of aryl methyl sites for hydroxylation is 1. The van der Waals surface area contributed by atoms with E-state index in [-0.39, 0.29) is 6.42 Å². The number of halogens is 1. The topological polar surface area (TPSA) is 40.5 Å². The summed E-state index contributed by atoms with van der Waals surface area (Å²) in [6, 6.07) is 6.26. The molecule has 0 aliphatic heterocycles. The van der Waals surface area contributed by atoms with E-state index in [2.05, 4.69) is 46.0 Å². The number of carboxylic acid groups (broad SMARTS) is 1. The molecule has 0 atom stereocenters. The summed E-state index contributed by atoms with van der Waals surface area (Å²) in [7, 11) is 0. The number of hydrogen-bond donors (Lipinski definition) is 1. The van der Waals surface area contributed by atoms with Gasteiger partial charge in [0.15, 0.2) is 0 Å². The molecule has 4 heteroatoms. The second kappa shape index (κ2) is 6.77. The van der Waals surface area contributed by atoms with Crippen LogP contribution in [0.15, 0.2) is 22.7 Å². The van der Waals surface area contributed by atoms with E-state index in [4.69, 9.17) is 5.11 Å². The highest BCUT2D eigenvalue weighted by atomic mass is 79.9. The maximum absolute atomic E-state index is 10.5. The molecule has 0 saturated heterocycles. The van der Waals surface area contributed by atoms with Gasteiger partial charge < -0.3 is 5.11 Å². The van der Waals surface area contributed by atoms with E-state index in [1.807, 2.05) is 6.92 Å². The van der Waals surface area contributed by atoms with E-state index in [9.17, 15) is 4.79 Å². The van der Waals surface area contributed by atoms with Gasteiger partial charge in [-0.15, -0.1) is 0 Å². The Bertz CT molecular complexity index is 393. The van der Waals surface area contributed by atoms with Crippen molar-refractivity contribution in [2.24, 2.45) is 0 Å². The third-order valence-electron chi connectivity index (χ3n) is 2.73. The number of rotatable bonds is 6. The van der Waals surface area contributed by atoms with Crippen LogP contribution in [0.25, 0.3) is 0 Å². The predicted molar refractivity (Wildman–Crippen MR) is 72.1 cm³/mol. The molecule has 0 aliphatic carbocycles. The lowest BCUT2D eigenvalue weighted by Crippen LogP contribution is -2.25. The fraction of sp³-hybridized carbons (Fsp3) is 0.462. The highest BCUT2D eigenvalue weighted by molar-refractivity contribution is 9.10. The van der Waals surface area contributed by atoms with Crippen LogP contribution in [0.4, 0.5) is 0 Å². The molecule has 0 heterocycles. The molecule has 0 saturated carbocycles. The van der Waals surface area contributed by atoms with E-state index in [0.717, 1.165) is 17.6 Å². The summed E-state index contributed by atoms with van der Waals surface area (Å²) in [6.45, 7) is 6.35. The zero-order chi connectivity index (χ0) is 12.8. The van der Waals surface area contributed by atoms with Gasteiger partial charge in [0.25, 0.3) is 0 Å². The number of carboxylic acids is 1. The molecule has 0 spiro atoms. The van der Waals surface area contributed by atoms with Crippen molar-refractivity contribution in [3.63, 3.8) is 0 Å². The van der Waals surface area contributed by atoms with Crippen LogP contribution in [0.3, 0.4) is 0 Å². The van der Waals surface area contributed by atoms with Crippen LogP contribution < -0.4 is 0 Å². The average molecular weight is 300 g/mol. The molecule has 1 aromatic carbocycles. The fourth-order valence-corrected chi connectivity index (χ4v) is 2.02. The lowest BCUT2D eigenvalue weighted by Gasteiger charge is -2.19. The van der Waals surface area contributed by atoms with Crippen LogP contribution in [0.5, 0.6) is 0 Å². The maximum atomic E-state index is 10.5. The summed E-state index contributed by atoms with van der Waals surface area (Å²) < 4.78 is 1.10. The summed E-state index contributed by atoms with van der Waals surface area (Å²) in [5.41, 5.74) is 2.41. The van der Waals surface area contributed by atoms with Crippen LogP contribution in [-0.2, 0) is 11.3 Å². The third kappa shape index (κ3) is 4.88. The summed E-state index contributed by atoms with van der Waals surface area (Å²) in [4.78, 5) is 12.7. The standard InChI is InChI=1S/C13H18BrNO2/c1-3-15(7-6-13(16)17)9-11-5-4-10(2)12(14)8-11/h4-5,8H,3,6-7,9H2,1-2H3,(H,16,17). The first-order valence-corrected chi connectivity index (χ1v) is 6.51. The lowest BCUT2D eigenvalue weighted by molar-refractivity contribution is -0.137. The van der Waals surface area contributed by atoms with Crippen molar-refractivity contribution in [2.45, 2.75) is 26.8 Å². The molecular formula is C13H18BrNO2. The Balaban J connectivity index is 2.60. The van der Waals surface area contributed by atoms with Gasteiger partial charge in [-0.1, -0.05) is 35.0 Å². The summed E-state index contributed by atoms with van der Waals surface area (Å²) >= 11 is 3.51.